The molecular formula is C70H76Cl4F14N24O5. The Hall–Kier alpha value is -12.2. The number of aliphatic hydroxyl groups excluding tert-OH is 1. The lowest BCUT2D eigenvalue weighted by Crippen LogP contribution is -2.46. The van der Waals surface area contributed by atoms with Crippen LogP contribution in [0.2, 0.25) is 20.1 Å². The predicted molar refractivity (Wildman–Crippen MR) is 422 cm³/mol. The Morgan fingerprint density at radius 1 is 0.470 bits per heavy atom. The third-order valence-electron chi connectivity index (χ3n) is 16.6. The molecule has 117 heavy (non-hydrogen) atoms. The fourth-order valence-corrected chi connectivity index (χ4v) is 11.9. The summed E-state index contributed by atoms with van der Waals surface area (Å²) in [7, 11) is 0. The predicted octanol–water partition coefficient (Wildman–Crippen LogP) is 15.4. The molecule has 0 unspecified atom stereocenters. The lowest BCUT2D eigenvalue weighted by molar-refractivity contribution is -0.139. The number of nitrogens with one attached hydrogen (secondary N) is 11. The van der Waals surface area contributed by atoms with Gasteiger partial charge in [0.05, 0.1) is 44.1 Å². The van der Waals surface area contributed by atoms with E-state index >= 15 is 0 Å². The number of amides is 4. The van der Waals surface area contributed by atoms with Crippen LogP contribution < -0.4 is 42.1 Å². The summed E-state index contributed by atoms with van der Waals surface area (Å²) < 4.78 is 176. The molecule has 4 amide bonds. The number of benzene rings is 1. The number of fused-ring (bicyclic) bond motifs is 5. The number of anilines is 4. The third kappa shape index (κ3) is 22.5. The number of H-pyrrole nitrogens is 4. The molecule has 14 rings (SSSR count). The van der Waals surface area contributed by atoms with Crippen LogP contribution in [0, 0.1) is 11.6 Å². The van der Waals surface area contributed by atoms with E-state index < -0.39 is 116 Å². The highest BCUT2D eigenvalue weighted by Crippen LogP contribution is 2.36. The molecule has 1 aliphatic rings. The first-order chi connectivity index (χ1) is 55.2. The highest BCUT2D eigenvalue weighted by Gasteiger charge is 2.41. The van der Waals surface area contributed by atoms with Crippen molar-refractivity contribution in [2.75, 3.05) is 53.6 Å². The maximum atomic E-state index is 14.6. The van der Waals surface area contributed by atoms with Gasteiger partial charge in [0.2, 0.25) is 23.6 Å². The second-order valence-corrected chi connectivity index (χ2v) is 27.2. The molecular weight excluding hydrogens is 1660 g/mol. The van der Waals surface area contributed by atoms with E-state index in [1.807, 2.05) is 10.6 Å². The van der Waals surface area contributed by atoms with E-state index in [0.717, 1.165) is 22.7 Å². The average Bonchev–Trinajstić information content (AvgIpc) is 1.62. The molecule has 1 saturated heterocycles. The number of hydrogen-bond acceptors (Lipinski definition) is 21. The number of carbonyl (C=O) groups excluding carboxylic acids is 4. The van der Waals surface area contributed by atoms with E-state index in [9.17, 15) is 85.8 Å². The van der Waals surface area contributed by atoms with Crippen LogP contribution in [-0.4, -0.2) is 196 Å². The molecule has 0 bridgehead atoms. The number of alkyl halides is 12. The van der Waals surface area contributed by atoms with Gasteiger partial charge in [-0.05, 0) is 63.2 Å². The number of pyridine rings is 4. The molecule has 1 aliphatic heterocycles. The molecule has 13 heterocycles. The fourth-order valence-electron chi connectivity index (χ4n) is 11.3. The van der Waals surface area contributed by atoms with Gasteiger partial charge >= 0.3 is 24.7 Å². The summed E-state index contributed by atoms with van der Waals surface area (Å²) in [6, 6.07) is 11.0. The first-order valence-electron chi connectivity index (χ1n) is 34.0. The minimum absolute atomic E-state index is 0. The second kappa shape index (κ2) is 35.9. The van der Waals surface area contributed by atoms with Crippen molar-refractivity contribution in [1.82, 2.24) is 101 Å². The van der Waals surface area contributed by atoms with E-state index in [-0.39, 0.29) is 49.1 Å². The minimum Gasteiger partial charge on any atom is -0.391 e. The van der Waals surface area contributed by atoms with E-state index in [1.54, 1.807) is 84.0 Å². The van der Waals surface area contributed by atoms with Crippen LogP contribution in [-0.2, 0) is 19.2 Å². The maximum absolute atomic E-state index is 14.6. The molecule has 12 aromatic heterocycles. The maximum Gasteiger partial charge on any atom is 0.405 e. The largest absolute Gasteiger partial charge is 0.405 e. The number of aliphatic hydroxyl groups is 1. The van der Waals surface area contributed by atoms with Crippen molar-refractivity contribution >= 4 is 148 Å². The molecule has 0 spiro atoms. The van der Waals surface area contributed by atoms with Crippen molar-refractivity contribution in [1.29, 1.82) is 0 Å². The molecule has 0 aliphatic carbocycles. The van der Waals surface area contributed by atoms with Gasteiger partial charge in [-0.3, -0.25) is 19.2 Å². The van der Waals surface area contributed by atoms with Gasteiger partial charge in [-0.25, -0.2) is 68.6 Å². The lowest BCUT2D eigenvalue weighted by atomic mass is 10.1. The number of aromatic amines is 4. The number of carbonyl (C=O) groups is 4. The SMILES string of the molecule is C[C@@H](Nc1ccnc(-c2c[nH]c3ncc(Cl)cc23)n1)C(=O)NCC(F)(F)F.C[C@@H](Nc1nc(-c2c[nH]c3ncc(Cl)cc23)nc2ccccc12)C(=O)NCC(F)(F)F.C[C@@H](Nc1nc(-c2c[nH]c3ncc(Cl)cc23)ncc1F)C(=O)NCC(F)(F)F.O=C(NCC(F)(F)F)[C@H]1C[C@@H](O)CN1c1nc(-c2c[nH]c3ncc(Cl)cc23)ncc1F.[HH].[HH].[HH].[HH].[HH].[HH].[HH].[HH].[HH]. The standard InChI is InChI=1S/C20H16ClF3N6O.C18H15ClF4N6O2.C16H13ClF4N6O.C16H14ClF3N6O.9H2/c1-10(19(31)27-9-20(22,23)24)28-17-12-4-2-3-5-15(12)29-18(30-17)14-8-26-16-13(14)6-11(21)7-25-16;19-8-1-10-11(4-25-14(10)24-3-8)15-26-5-12(20)16(28-15)29-6-9(30)2-13(29)17(31)27-7-18(21,22)23;1-7(15(28)25-6-16(19,20)21)26-14-11(18)5-24-13(27-14)10-4-23-12-9(10)2-8(17)3-22-12;1-8(15(27)24-7-16(18,19)20)25-12-2-3-21-14(26-12)11-6-23-13-10(11)4-9(17)5-22-13;;;;;;;;;/h2-8,10H,9H2,1H3,(H,25,26)(H,27,31)(H,28,29,30);1,3-5,9,13,30H,2,6-7H2,(H,24,25)(H,27,31);2-5,7H,6H2,1H3,(H,22,23)(H,25,28)(H,24,26,27);2-6,8H,7H2,1H3,(H,22,23)(H,24,27)(H,21,25,26);9*1H/t10-;9-,13-;7-;8-;;;;;;;;;/m1111........./s1. The summed E-state index contributed by atoms with van der Waals surface area (Å²) in [5, 5.41) is 30.1. The molecule has 1 fully saturated rings. The van der Waals surface area contributed by atoms with E-state index in [2.05, 4.69) is 95.7 Å². The minimum atomic E-state index is -4.60. The van der Waals surface area contributed by atoms with Crippen LogP contribution in [0.25, 0.3) is 101 Å². The van der Waals surface area contributed by atoms with Crippen molar-refractivity contribution < 1.29 is 98.6 Å². The first-order valence-corrected chi connectivity index (χ1v) is 35.5. The number of para-hydroxylation sites is 1. The van der Waals surface area contributed by atoms with Crippen molar-refractivity contribution in [2.24, 2.45) is 0 Å². The van der Waals surface area contributed by atoms with Crippen LogP contribution in [0.15, 0.2) is 123 Å². The molecule has 12 N–H and O–H groups in total. The average molecular weight is 1740 g/mol. The lowest BCUT2D eigenvalue weighted by Gasteiger charge is -2.25. The van der Waals surface area contributed by atoms with E-state index in [0.29, 0.717) is 115 Å². The number of aromatic nitrogens is 16. The molecule has 29 nitrogen and oxygen atoms in total. The molecule has 632 valence electrons. The summed E-state index contributed by atoms with van der Waals surface area (Å²) in [5.41, 5.74) is 5.07. The van der Waals surface area contributed by atoms with E-state index in [4.69, 9.17) is 46.4 Å². The van der Waals surface area contributed by atoms with E-state index in [1.165, 1.54) is 57.8 Å². The summed E-state index contributed by atoms with van der Waals surface area (Å²) in [4.78, 5) is 111. The molecule has 0 radical (unpaired) electrons. The number of nitrogens with zero attached hydrogens (tertiary/aromatic N) is 13. The van der Waals surface area contributed by atoms with Crippen molar-refractivity contribution in [2.45, 2.75) is 82.2 Å². The summed E-state index contributed by atoms with van der Waals surface area (Å²) >= 11 is 24.0. The van der Waals surface area contributed by atoms with Crippen molar-refractivity contribution in [3.8, 4) is 45.6 Å². The van der Waals surface area contributed by atoms with Gasteiger partial charge in [0.25, 0.3) is 0 Å². The number of β-amino-alcohol motifs (C(OH)–C–C–N with tert-alkyl or cyclic N) is 1. The number of halogens is 18. The van der Waals surface area contributed by atoms with Crippen LogP contribution in [0.4, 0.5) is 84.7 Å². The Kier molecular flexibility index (Phi) is 26.3. The van der Waals surface area contributed by atoms with Crippen LogP contribution in [0.1, 0.15) is 40.0 Å². The zero-order chi connectivity index (χ0) is 84.6. The van der Waals surface area contributed by atoms with Gasteiger partial charge in [0.15, 0.2) is 46.6 Å². The van der Waals surface area contributed by atoms with Gasteiger partial charge < -0.3 is 67.2 Å². The topological polar surface area (TPSA) is 394 Å². The molecule has 47 heteroatoms. The molecule has 5 atom stereocenters. The third-order valence-corrected chi connectivity index (χ3v) is 17.5. The van der Waals surface area contributed by atoms with Gasteiger partial charge in [-0.15, -0.1) is 0 Å². The zero-order valence-corrected chi connectivity index (χ0v) is 62.9. The van der Waals surface area contributed by atoms with Crippen LogP contribution in [0.5, 0.6) is 0 Å². The van der Waals surface area contributed by atoms with Gasteiger partial charge in [-0.2, -0.15) is 52.7 Å². The van der Waals surface area contributed by atoms with Crippen LogP contribution >= 0.6 is 46.4 Å². The monoisotopic (exact) mass is 1740 g/mol. The summed E-state index contributed by atoms with van der Waals surface area (Å²) in [6.45, 7) is -1.83. The Morgan fingerprint density at radius 2 is 0.855 bits per heavy atom. The zero-order valence-electron chi connectivity index (χ0n) is 59.9. The van der Waals surface area contributed by atoms with Crippen LogP contribution in [0.3, 0.4) is 0 Å². The fraction of sp³-hybridized carbons (Fsp3) is 0.257. The molecule has 1 aromatic carbocycles. The number of rotatable bonds is 19. The Morgan fingerprint density at radius 3 is 1.31 bits per heavy atom. The Bertz CT molecular complexity index is 5840. The Labute approximate surface area is 681 Å². The van der Waals surface area contributed by atoms with Gasteiger partial charge in [0, 0.05) is 131 Å². The summed E-state index contributed by atoms with van der Waals surface area (Å²) in [5.74, 6) is -4.43. The normalized spacial score (nSPS) is 14.5. The first kappa shape index (κ1) is 85.7. The van der Waals surface area contributed by atoms with Gasteiger partial charge in [-0.1, -0.05) is 58.5 Å². The van der Waals surface area contributed by atoms with Crippen molar-refractivity contribution in [3.05, 3.63) is 154 Å². The molecule has 0 saturated carbocycles. The summed E-state index contributed by atoms with van der Waals surface area (Å²) in [6.07, 6.45) is -3.68. The Balaban J connectivity index is 0.000000557. The highest BCUT2D eigenvalue weighted by atomic mass is 35.5. The molecule has 13 aromatic rings. The highest BCUT2D eigenvalue weighted by molar-refractivity contribution is 6.32. The second-order valence-electron chi connectivity index (χ2n) is 25.4. The smallest absolute Gasteiger partial charge is 0.391 e. The van der Waals surface area contributed by atoms with Gasteiger partial charge in [0.1, 0.15) is 84.6 Å². The van der Waals surface area contributed by atoms with Crippen molar-refractivity contribution in [3.63, 3.8) is 0 Å². The number of hydrogen-bond donors (Lipinski definition) is 12. The quantitative estimate of drug-likeness (QED) is 0.0335.